The molecule has 1 aromatic rings. The Morgan fingerprint density at radius 3 is 2.48 bits per heavy atom. The molecule has 5 nitrogen and oxygen atoms in total. The minimum atomic E-state index is -3.46. The number of sulfonamides is 1. The molecule has 0 atom stereocenters. The molecule has 0 spiro atoms. The third kappa shape index (κ3) is 5.37. The zero-order chi connectivity index (χ0) is 15.7. The van der Waals surface area contributed by atoms with Crippen molar-refractivity contribution >= 4 is 10.0 Å². The highest BCUT2D eigenvalue weighted by molar-refractivity contribution is 7.89. The molecule has 0 aliphatic carbocycles. The summed E-state index contributed by atoms with van der Waals surface area (Å²) in [6.45, 7) is 8.71. The predicted octanol–water partition coefficient (Wildman–Crippen LogP) is 2.39. The molecule has 0 bridgehead atoms. The molecular formula is C15H27N3O2S. The zero-order valence-corrected chi connectivity index (χ0v) is 14.1. The first kappa shape index (κ1) is 18.1. The number of unbranched alkanes of at least 4 members (excludes halogenated alkanes) is 1. The van der Waals surface area contributed by atoms with Gasteiger partial charge in [-0.3, -0.25) is 0 Å². The van der Waals surface area contributed by atoms with E-state index in [1.54, 1.807) is 12.3 Å². The van der Waals surface area contributed by atoms with Crippen molar-refractivity contribution in [3.8, 4) is 0 Å². The molecule has 0 fully saturated rings. The molecule has 21 heavy (non-hydrogen) atoms. The Kier molecular flexibility index (Phi) is 7.85. The van der Waals surface area contributed by atoms with Gasteiger partial charge in [0, 0.05) is 25.8 Å². The second-order valence-corrected chi connectivity index (χ2v) is 6.92. The molecule has 1 heterocycles. The van der Waals surface area contributed by atoms with Gasteiger partial charge in [-0.2, -0.15) is 4.31 Å². The second-order valence-electron chi connectivity index (χ2n) is 5.03. The number of hydrogen-bond donors (Lipinski definition) is 1. The minimum absolute atomic E-state index is 0.139. The van der Waals surface area contributed by atoms with Crippen LogP contribution in [0.4, 0.5) is 0 Å². The molecule has 6 heteroatoms. The van der Waals surface area contributed by atoms with Gasteiger partial charge in [0.05, 0.1) is 0 Å². The molecule has 0 amide bonds. The molecule has 1 N–H and O–H groups in total. The van der Waals surface area contributed by atoms with Crippen molar-refractivity contribution in [2.24, 2.45) is 0 Å². The van der Waals surface area contributed by atoms with Crippen LogP contribution in [0, 0.1) is 0 Å². The third-order valence-electron chi connectivity index (χ3n) is 3.27. The van der Waals surface area contributed by atoms with E-state index in [2.05, 4.69) is 24.1 Å². The van der Waals surface area contributed by atoms with E-state index in [1.165, 1.54) is 4.31 Å². The van der Waals surface area contributed by atoms with Crippen molar-refractivity contribution in [2.75, 3.05) is 19.6 Å². The molecule has 0 aromatic carbocycles. The van der Waals surface area contributed by atoms with Crippen molar-refractivity contribution < 1.29 is 8.42 Å². The van der Waals surface area contributed by atoms with Gasteiger partial charge in [-0.1, -0.05) is 33.3 Å². The first-order valence-corrected chi connectivity index (χ1v) is 9.16. The third-order valence-corrected chi connectivity index (χ3v) is 5.16. The van der Waals surface area contributed by atoms with E-state index >= 15 is 0 Å². The maximum atomic E-state index is 12.5. The monoisotopic (exact) mass is 313 g/mol. The lowest BCUT2D eigenvalue weighted by Crippen LogP contribution is -2.32. The Morgan fingerprint density at radius 1 is 1.19 bits per heavy atom. The van der Waals surface area contributed by atoms with Gasteiger partial charge in [0.25, 0.3) is 10.0 Å². The average Bonchev–Trinajstić information content (AvgIpc) is 2.48. The fraction of sp³-hybridized carbons (Fsp3) is 0.667. The van der Waals surface area contributed by atoms with Crippen molar-refractivity contribution in [3.05, 3.63) is 23.9 Å². The number of aromatic nitrogens is 1. The summed E-state index contributed by atoms with van der Waals surface area (Å²) >= 11 is 0. The fourth-order valence-electron chi connectivity index (χ4n) is 1.99. The Labute approximate surface area is 128 Å². The molecule has 0 aliphatic heterocycles. The summed E-state index contributed by atoms with van der Waals surface area (Å²) in [5, 5.41) is 3.41. The van der Waals surface area contributed by atoms with Crippen molar-refractivity contribution in [2.45, 2.75) is 51.6 Å². The average molecular weight is 313 g/mol. The van der Waals surface area contributed by atoms with E-state index in [1.807, 2.05) is 13.0 Å². The lowest BCUT2D eigenvalue weighted by molar-refractivity contribution is 0.417. The molecule has 0 saturated carbocycles. The zero-order valence-electron chi connectivity index (χ0n) is 13.3. The van der Waals surface area contributed by atoms with E-state index in [-0.39, 0.29) is 5.03 Å². The molecule has 1 rings (SSSR count). The molecule has 1 aromatic heterocycles. The van der Waals surface area contributed by atoms with Crippen LogP contribution in [0.5, 0.6) is 0 Å². The summed E-state index contributed by atoms with van der Waals surface area (Å²) in [5.41, 5.74) is 0.999. The summed E-state index contributed by atoms with van der Waals surface area (Å²) in [6, 6.07) is 3.43. The van der Waals surface area contributed by atoms with Crippen molar-refractivity contribution in [3.63, 3.8) is 0 Å². The molecule has 120 valence electrons. The Morgan fingerprint density at radius 2 is 1.95 bits per heavy atom. The van der Waals surface area contributed by atoms with Gasteiger partial charge < -0.3 is 5.32 Å². The van der Waals surface area contributed by atoms with Gasteiger partial charge >= 0.3 is 0 Å². The fourth-order valence-corrected chi connectivity index (χ4v) is 3.39. The number of hydrogen-bond acceptors (Lipinski definition) is 4. The predicted molar refractivity (Wildman–Crippen MR) is 85.6 cm³/mol. The summed E-state index contributed by atoms with van der Waals surface area (Å²) < 4.78 is 26.5. The lowest BCUT2D eigenvalue weighted by Gasteiger charge is -2.19. The largest absolute Gasteiger partial charge is 0.313 e. The van der Waals surface area contributed by atoms with E-state index in [4.69, 9.17) is 0 Å². The Balaban J connectivity index is 2.78. The number of rotatable bonds is 10. The van der Waals surface area contributed by atoms with Gasteiger partial charge in [0.2, 0.25) is 0 Å². The molecule has 0 aliphatic rings. The Hall–Kier alpha value is -0.980. The van der Waals surface area contributed by atoms with Crippen molar-refractivity contribution in [1.29, 1.82) is 0 Å². The van der Waals surface area contributed by atoms with E-state index in [9.17, 15) is 8.42 Å². The van der Waals surface area contributed by atoms with Crippen LogP contribution in [0.15, 0.2) is 23.4 Å². The number of pyridine rings is 1. The van der Waals surface area contributed by atoms with E-state index < -0.39 is 10.0 Å². The topological polar surface area (TPSA) is 62.3 Å². The van der Waals surface area contributed by atoms with Gasteiger partial charge in [-0.25, -0.2) is 13.4 Å². The molecule has 0 saturated heterocycles. The Bertz CT molecular complexity index is 500. The highest BCUT2D eigenvalue weighted by Gasteiger charge is 2.23. The highest BCUT2D eigenvalue weighted by Crippen LogP contribution is 2.14. The summed E-state index contributed by atoms with van der Waals surface area (Å²) in [4.78, 5) is 4.14. The van der Waals surface area contributed by atoms with Crippen LogP contribution >= 0.6 is 0 Å². The highest BCUT2D eigenvalue weighted by atomic mass is 32.2. The van der Waals surface area contributed by atoms with Gasteiger partial charge in [0.1, 0.15) is 0 Å². The quantitative estimate of drug-likeness (QED) is 0.674. The van der Waals surface area contributed by atoms with Gasteiger partial charge in [-0.05, 0) is 31.0 Å². The molecular weight excluding hydrogens is 286 g/mol. The molecule has 0 radical (unpaired) electrons. The second kappa shape index (κ2) is 9.12. The number of nitrogens with one attached hydrogen (secondary N) is 1. The first-order chi connectivity index (χ1) is 10.1. The van der Waals surface area contributed by atoms with Crippen molar-refractivity contribution in [1.82, 2.24) is 14.6 Å². The van der Waals surface area contributed by atoms with Crippen LogP contribution in [0.2, 0.25) is 0 Å². The van der Waals surface area contributed by atoms with Crippen LogP contribution in [0.25, 0.3) is 0 Å². The number of nitrogens with zero attached hydrogens (tertiary/aromatic N) is 2. The first-order valence-electron chi connectivity index (χ1n) is 7.72. The van der Waals surface area contributed by atoms with Crippen LogP contribution in [-0.4, -0.2) is 37.3 Å². The smallest absolute Gasteiger partial charge is 0.260 e. The van der Waals surface area contributed by atoms with Gasteiger partial charge in [-0.15, -0.1) is 0 Å². The van der Waals surface area contributed by atoms with Crippen LogP contribution < -0.4 is 5.32 Å². The van der Waals surface area contributed by atoms with E-state index in [0.29, 0.717) is 19.6 Å². The van der Waals surface area contributed by atoms with Crippen LogP contribution in [0.3, 0.4) is 0 Å². The summed E-state index contributed by atoms with van der Waals surface area (Å²) in [5.74, 6) is 0. The summed E-state index contributed by atoms with van der Waals surface area (Å²) in [6.07, 6.45) is 4.56. The maximum Gasteiger partial charge on any atom is 0.260 e. The normalized spacial score (nSPS) is 12.0. The molecule has 0 unspecified atom stereocenters. The lowest BCUT2D eigenvalue weighted by atomic mass is 10.3. The van der Waals surface area contributed by atoms with Crippen LogP contribution in [-0.2, 0) is 16.6 Å². The SMILES string of the molecule is CCCCN(CC)S(=O)(=O)c1ccc(CNCCC)cn1. The van der Waals surface area contributed by atoms with E-state index in [0.717, 1.165) is 31.4 Å². The minimum Gasteiger partial charge on any atom is -0.313 e. The van der Waals surface area contributed by atoms with Crippen LogP contribution in [0.1, 0.15) is 45.6 Å². The maximum absolute atomic E-state index is 12.5. The summed E-state index contributed by atoms with van der Waals surface area (Å²) in [7, 11) is -3.46. The van der Waals surface area contributed by atoms with Gasteiger partial charge in [0.15, 0.2) is 5.03 Å². The standard InChI is InChI=1S/C15H27N3O2S/c1-4-7-11-18(6-3)21(19,20)15-9-8-14(13-17-15)12-16-10-5-2/h8-9,13,16H,4-7,10-12H2,1-3H3.